The van der Waals surface area contributed by atoms with Crippen molar-refractivity contribution in [2.75, 3.05) is 24.7 Å². The summed E-state index contributed by atoms with van der Waals surface area (Å²) in [5.74, 6) is 1.26. The van der Waals surface area contributed by atoms with Crippen LogP contribution in [0.3, 0.4) is 0 Å². The van der Waals surface area contributed by atoms with Crippen LogP contribution in [0.5, 0.6) is 11.5 Å². The Hall–Kier alpha value is -1.43. The number of fused-ring (bicyclic) bond motifs is 1. The Labute approximate surface area is 107 Å². The van der Waals surface area contributed by atoms with Crippen molar-refractivity contribution in [2.24, 2.45) is 0 Å². The molecular weight excluding hydrogens is 254 g/mol. The van der Waals surface area contributed by atoms with Gasteiger partial charge in [0.1, 0.15) is 13.2 Å². The maximum atomic E-state index is 11.8. The second-order valence-corrected chi connectivity index (χ2v) is 6.47. The number of nitrogens with two attached hydrogens (primary N) is 1. The number of rotatable bonds is 4. The summed E-state index contributed by atoms with van der Waals surface area (Å²) in [6.45, 7) is 2.79. The number of hydrogen-bond acceptors (Lipinski definition) is 5. The molecule has 0 fully saturated rings. The molecule has 1 aliphatic rings. The van der Waals surface area contributed by atoms with Gasteiger partial charge in [0.05, 0.1) is 11.5 Å². The molecule has 0 radical (unpaired) electrons. The smallest absolute Gasteiger partial charge is 0.163 e. The highest BCUT2D eigenvalue weighted by molar-refractivity contribution is 7.90. The molecule has 6 heteroatoms. The Morgan fingerprint density at radius 1 is 1.22 bits per heavy atom. The van der Waals surface area contributed by atoms with Gasteiger partial charge in [0, 0.05) is 11.8 Å². The van der Waals surface area contributed by atoms with Crippen molar-refractivity contribution in [2.45, 2.75) is 19.1 Å². The zero-order valence-electron chi connectivity index (χ0n) is 10.3. The van der Waals surface area contributed by atoms with E-state index >= 15 is 0 Å². The zero-order valence-corrected chi connectivity index (χ0v) is 11.1. The molecule has 0 saturated carbocycles. The van der Waals surface area contributed by atoms with Crippen LogP contribution in [0.2, 0.25) is 0 Å². The first-order chi connectivity index (χ1) is 8.52. The molecule has 0 bridgehead atoms. The van der Waals surface area contributed by atoms with Crippen molar-refractivity contribution in [1.82, 2.24) is 0 Å². The molecule has 2 rings (SSSR count). The third kappa shape index (κ3) is 2.87. The highest BCUT2D eigenvalue weighted by Gasteiger charge is 2.18. The van der Waals surface area contributed by atoms with E-state index in [1.165, 1.54) is 0 Å². The first-order valence-corrected chi connectivity index (χ1v) is 7.72. The summed E-state index contributed by atoms with van der Waals surface area (Å²) in [5.41, 5.74) is 6.85. The Bertz CT molecular complexity index is 539. The van der Waals surface area contributed by atoms with Crippen LogP contribution in [0.25, 0.3) is 0 Å². The van der Waals surface area contributed by atoms with E-state index < -0.39 is 9.84 Å². The summed E-state index contributed by atoms with van der Waals surface area (Å²) in [5, 5.41) is 0. The number of benzene rings is 1. The van der Waals surface area contributed by atoms with Gasteiger partial charge in [-0.1, -0.05) is 6.92 Å². The van der Waals surface area contributed by atoms with E-state index in [1.54, 1.807) is 12.1 Å². The van der Waals surface area contributed by atoms with Gasteiger partial charge in [-0.15, -0.1) is 0 Å². The molecule has 0 spiro atoms. The highest BCUT2D eigenvalue weighted by atomic mass is 32.2. The zero-order chi connectivity index (χ0) is 13.2. The van der Waals surface area contributed by atoms with Gasteiger partial charge in [-0.05, 0) is 18.1 Å². The predicted octanol–water partition coefficient (Wildman–Crippen LogP) is 1.36. The van der Waals surface area contributed by atoms with Crippen LogP contribution in [0.4, 0.5) is 5.69 Å². The summed E-state index contributed by atoms with van der Waals surface area (Å²) >= 11 is 0. The van der Waals surface area contributed by atoms with Gasteiger partial charge in [0.15, 0.2) is 21.3 Å². The lowest BCUT2D eigenvalue weighted by atomic mass is 10.2. The molecule has 1 heterocycles. The number of nitrogen functional groups attached to an aromatic ring is 1. The van der Waals surface area contributed by atoms with Crippen molar-refractivity contribution in [3.63, 3.8) is 0 Å². The topological polar surface area (TPSA) is 78.6 Å². The third-order valence-corrected chi connectivity index (χ3v) is 4.48. The Morgan fingerprint density at radius 3 is 2.44 bits per heavy atom. The average Bonchev–Trinajstić information content (AvgIpc) is 2.29. The van der Waals surface area contributed by atoms with Crippen molar-refractivity contribution >= 4 is 15.5 Å². The summed E-state index contributed by atoms with van der Waals surface area (Å²) in [6, 6.07) is 3.29. The fraction of sp³-hybridized carbons (Fsp3) is 0.500. The van der Waals surface area contributed by atoms with Crippen LogP contribution in [-0.4, -0.2) is 27.4 Å². The van der Waals surface area contributed by atoms with Gasteiger partial charge in [0.2, 0.25) is 0 Å². The van der Waals surface area contributed by atoms with E-state index in [0.29, 0.717) is 42.4 Å². The van der Waals surface area contributed by atoms with Gasteiger partial charge in [0.25, 0.3) is 0 Å². The van der Waals surface area contributed by atoms with E-state index in [4.69, 9.17) is 15.2 Å². The average molecular weight is 271 g/mol. The Balaban J connectivity index is 2.29. The monoisotopic (exact) mass is 271 g/mol. The molecule has 0 aromatic heterocycles. The molecule has 5 nitrogen and oxygen atoms in total. The lowest BCUT2D eigenvalue weighted by Crippen LogP contribution is -2.17. The molecule has 0 saturated heterocycles. The maximum absolute atomic E-state index is 11.8. The molecule has 18 heavy (non-hydrogen) atoms. The molecule has 1 aromatic carbocycles. The molecule has 0 amide bonds. The number of hydrogen-bond donors (Lipinski definition) is 1. The summed E-state index contributed by atoms with van der Waals surface area (Å²) in [4.78, 5) is 0. The summed E-state index contributed by atoms with van der Waals surface area (Å²) < 4.78 is 34.4. The minimum atomic E-state index is -3.11. The van der Waals surface area contributed by atoms with E-state index in [-0.39, 0.29) is 11.5 Å². The van der Waals surface area contributed by atoms with Crippen molar-refractivity contribution < 1.29 is 17.9 Å². The van der Waals surface area contributed by atoms with Crippen LogP contribution < -0.4 is 15.2 Å². The van der Waals surface area contributed by atoms with Gasteiger partial charge in [-0.3, -0.25) is 0 Å². The van der Waals surface area contributed by atoms with Crippen molar-refractivity contribution in [3.05, 3.63) is 17.7 Å². The summed E-state index contributed by atoms with van der Waals surface area (Å²) in [6.07, 6.45) is 0.604. The molecule has 1 aromatic rings. The fourth-order valence-corrected chi connectivity index (χ4v) is 3.38. The Kier molecular flexibility index (Phi) is 3.65. The number of anilines is 1. The molecule has 0 aliphatic carbocycles. The second-order valence-electron chi connectivity index (χ2n) is 4.29. The van der Waals surface area contributed by atoms with Gasteiger partial charge in [-0.2, -0.15) is 0 Å². The van der Waals surface area contributed by atoms with Gasteiger partial charge in [-0.25, -0.2) is 8.42 Å². The van der Waals surface area contributed by atoms with E-state index in [1.807, 2.05) is 6.92 Å². The van der Waals surface area contributed by atoms with Crippen LogP contribution in [-0.2, 0) is 15.6 Å². The van der Waals surface area contributed by atoms with Gasteiger partial charge < -0.3 is 15.2 Å². The van der Waals surface area contributed by atoms with E-state index in [9.17, 15) is 8.42 Å². The molecular formula is C12H17NO4S. The van der Waals surface area contributed by atoms with Crippen LogP contribution in [0, 0.1) is 0 Å². The van der Waals surface area contributed by atoms with E-state index in [0.717, 1.165) is 0 Å². The predicted molar refractivity (Wildman–Crippen MR) is 69.6 cm³/mol. The third-order valence-electron chi connectivity index (χ3n) is 2.69. The lowest BCUT2D eigenvalue weighted by Gasteiger charge is -2.20. The molecule has 0 unspecified atom stereocenters. The summed E-state index contributed by atoms with van der Waals surface area (Å²) in [7, 11) is -3.11. The maximum Gasteiger partial charge on any atom is 0.163 e. The largest absolute Gasteiger partial charge is 0.486 e. The minimum absolute atomic E-state index is 0.0523. The quantitative estimate of drug-likeness (QED) is 0.837. The SMILES string of the molecule is CCCS(=O)(=O)Cc1cc2c(cc1N)OCCO2. The molecule has 0 atom stereocenters. The minimum Gasteiger partial charge on any atom is -0.486 e. The molecule has 2 N–H and O–H groups in total. The number of ether oxygens (including phenoxy) is 2. The van der Waals surface area contributed by atoms with Crippen LogP contribution >= 0.6 is 0 Å². The lowest BCUT2D eigenvalue weighted by molar-refractivity contribution is 0.171. The molecule has 1 aliphatic heterocycles. The van der Waals surface area contributed by atoms with E-state index in [2.05, 4.69) is 0 Å². The second kappa shape index (κ2) is 5.06. The number of sulfone groups is 1. The van der Waals surface area contributed by atoms with Gasteiger partial charge >= 0.3 is 0 Å². The van der Waals surface area contributed by atoms with Crippen molar-refractivity contribution in [1.29, 1.82) is 0 Å². The fourth-order valence-electron chi connectivity index (χ4n) is 1.89. The van der Waals surface area contributed by atoms with Crippen LogP contribution in [0.15, 0.2) is 12.1 Å². The van der Waals surface area contributed by atoms with Crippen LogP contribution in [0.1, 0.15) is 18.9 Å². The first kappa shape index (κ1) is 13.0. The Morgan fingerprint density at radius 2 is 1.83 bits per heavy atom. The highest BCUT2D eigenvalue weighted by Crippen LogP contribution is 2.35. The first-order valence-electron chi connectivity index (χ1n) is 5.90. The van der Waals surface area contributed by atoms with Crippen molar-refractivity contribution in [3.8, 4) is 11.5 Å². The molecule has 100 valence electrons. The normalized spacial score (nSPS) is 14.5. The standard InChI is InChI=1S/C12H17NO4S/c1-2-5-18(14,15)8-9-6-11-12(7-10(9)13)17-4-3-16-11/h6-7H,2-5,8,13H2,1H3.